The second-order valence-electron chi connectivity index (χ2n) is 5.55. The molecule has 0 aliphatic rings. The van der Waals surface area contributed by atoms with Crippen LogP contribution in [0.15, 0.2) is 24.3 Å². The van der Waals surface area contributed by atoms with Crippen molar-refractivity contribution in [2.24, 2.45) is 0 Å². The third kappa shape index (κ3) is 3.22. The van der Waals surface area contributed by atoms with Gasteiger partial charge in [-0.15, -0.1) is 0 Å². The van der Waals surface area contributed by atoms with Crippen molar-refractivity contribution in [2.45, 2.75) is 46.1 Å². The number of anilines is 1. The molecule has 0 heterocycles. The Kier molecular flexibility index (Phi) is 3.81. The van der Waals surface area contributed by atoms with E-state index in [1.807, 2.05) is 38.1 Å². The summed E-state index contributed by atoms with van der Waals surface area (Å²) in [6, 6.07) is 7.66. The highest BCUT2D eigenvalue weighted by atomic mass is 16.4. The monoisotopic (exact) mass is 235 g/mol. The molecule has 0 aliphatic carbocycles. The molecule has 1 N–H and O–H groups in total. The van der Waals surface area contributed by atoms with Crippen LogP contribution in [0.3, 0.4) is 0 Å². The van der Waals surface area contributed by atoms with Gasteiger partial charge in [0.25, 0.3) is 0 Å². The fraction of sp³-hybridized carbons (Fsp3) is 0.500. The smallest absolute Gasteiger partial charge is 0.412 e. The molecular formula is C14H21NO2. The highest BCUT2D eigenvalue weighted by Gasteiger charge is 2.20. The first kappa shape index (κ1) is 13.6. The summed E-state index contributed by atoms with van der Waals surface area (Å²) < 4.78 is 0. The van der Waals surface area contributed by atoms with Crippen LogP contribution < -0.4 is 4.90 Å². The van der Waals surface area contributed by atoms with Crippen LogP contribution >= 0.6 is 0 Å². The van der Waals surface area contributed by atoms with E-state index in [9.17, 15) is 9.90 Å². The zero-order valence-corrected chi connectivity index (χ0v) is 11.2. The minimum Gasteiger partial charge on any atom is -0.465 e. The molecule has 1 aromatic rings. The van der Waals surface area contributed by atoms with Crippen LogP contribution in [0.2, 0.25) is 0 Å². The van der Waals surface area contributed by atoms with Crippen molar-refractivity contribution in [3.63, 3.8) is 0 Å². The van der Waals surface area contributed by atoms with E-state index in [0.717, 1.165) is 11.3 Å². The summed E-state index contributed by atoms with van der Waals surface area (Å²) in [5.74, 6) is 0. The summed E-state index contributed by atoms with van der Waals surface area (Å²) in [7, 11) is 0. The van der Waals surface area contributed by atoms with Crippen LogP contribution in [0.5, 0.6) is 0 Å². The van der Waals surface area contributed by atoms with Gasteiger partial charge in [-0.05, 0) is 37.0 Å². The summed E-state index contributed by atoms with van der Waals surface area (Å²) in [6.45, 7) is 10.1. The first-order valence-electron chi connectivity index (χ1n) is 5.86. The molecule has 0 radical (unpaired) electrons. The Morgan fingerprint density at radius 3 is 2.29 bits per heavy atom. The van der Waals surface area contributed by atoms with E-state index in [2.05, 4.69) is 20.8 Å². The van der Waals surface area contributed by atoms with Gasteiger partial charge in [0.2, 0.25) is 0 Å². The minimum absolute atomic E-state index is 0.0250. The van der Waals surface area contributed by atoms with E-state index < -0.39 is 6.09 Å². The van der Waals surface area contributed by atoms with Crippen molar-refractivity contribution in [1.29, 1.82) is 0 Å². The molecule has 17 heavy (non-hydrogen) atoms. The summed E-state index contributed by atoms with van der Waals surface area (Å²) in [5, 5.41) is 9.22. The van der Waals surface area contributed by atoms with Crippen LogP contribution in [0.1, 0.15) is 40.2 Å². The molecule has 0 fully saturated rings. The maximum atomic E-state index is 11.2. The van der Waals surface area contributed by atoms with E-state index >= 15 is 0 Å². The maximum Gasteiger partial charge on any atom is 0.412 e. The van der Waals surface area contributed by atoms with Gasteiger partial charge in [-0.1, -0.05) is 32.9 Å². The topological polar surface area (TPSA) is 40.5 Å². The van der Waals surface area contributed by atoms with Crippen molar-refractivity contribution in [2.75, 3.05) is 4.90 Å². The fourth-order valence-corrected chi connectivity index (χ4v) is 1.75. The average molecular weight is 235 g/mol. The predicted molar refractivity (Wildman–Crippen MR) is 70.8 cm³/mol. The fourth-order valence-electron chi connectivity index (χ4n) is 1.75. The Balaban J connectivity index is 3.18. The SMILES string of the molecule is CC(C)N(C(=O)O)c1cccc(C(C)(C)C)c1. The quantitative estimate of drug-likeness (QED) is 0.845. The largest absolute Gasteiger partial charge is 0.465 e. The van der Waals surface area contributed by atoms with E-state index in [1.165, 1.54) is 4.90 Å². The lowest BCUT2D eigenvalue weighted by Crippen LogP contribution is -2.35. The number of rotatable bonds is 2. The maximum absolute atomic E-state index is 11.2. The van der Waals surface area contributed by atoms with Gasteiger partial charge < -0.3 is 5.11 Å². The molecular weight excluding hydrogens is 214 g/mol. The molecule has 0 spiro atoms. The van der Waals surface area contributed by atoms with Crippen molar-refractivity contribution in [1.82, 2.24) is 0 Å². The normalized spacial score (nSPS) is 11.6. The first-order chi connectivity index (χ1) is 7.73. The van der Waals surface area contributed by atoms with E-state index in [-0.39, 0.29) is 11.5 Å². The van der Waals surface area contributed by atoms with Crippen LogP contribution in [-0.2, 0) is 5.41 Å². The zero-order chi connectivity index (χ0) is 13.2. The highest BCUT2D eigenvalue weighted by Crippen LogP contribution is 2.27. The van der Waals surface area contributed by atoms with Gasteiger partial charge in [0.05, 0.1) is 0 Å². The van der Waals surface area contributed by atoms with Gasteiger partial charge in [0.15, 0.2) is 0 Å². The average Bonchev–Trinajstić information content (AvgIpc) is 2.15. The number of nitrogens with zero attached hydrogens (tertiary/aromatic N) is 1. The van der Waals surface area contributed by atoms with Crippen LogP contribution in [0.25, 0.3) is 0 Å². The molecule has 1 amide bonds. The van der Waals surface area contributed by atoms with Gasteiger partial charge in [-0.3, -0.25) is 4.90 Å². The number of carbonyl (C=O) groups is 1. The molecule has 0 saturated carbocycles. The van der Waals surface area contributed by atoms with Gasteiger partial charge in [0, 0.05) is 11.7 Å². The Hall–Kier alpha value is -1.51. The number of carboxylic acid groups (broad SMARTS) is 1. The second kappa shape index (κ2) is 4.78. The summed E-state index contributed by atoms with van der Waals surface area (Å²) >= 11 is 0. The molecule has 1 aromatic carbocycles. The summed E-state index contributed by atoms with van der Waals surface area (Å²) in [5.41, 5.74) is 1.90. The van der Waals surface area contributed by atoms with Gasteiger partial charge in [-0.25, -0.2) is 4.79 Å². The lowest BCUT2D eigenvalue weighted by Gasteiger charge is -2.26. The standard InChI is InChI=1S/C14H21NO2/c1-10(2)15(13(16)17)12-8-6-7-11(9-12)14(3,4)5/h6-10H,1-5H3,(H,16,17). The highest BCUT2D eigenvalue weighted by molar-refractivity contribution is 5.86. The molecule has 0 aliphatic heterocycles. The van der Waals surface area contributed by atoms with Crippen molar-refractivity contribution >= 4 is 11.8 Å². The second-order valence-corrected chi connectivity index (χ2v) is 5.55. The Morgan fingerprint density at radius 2 is 1.88 bits per heavy atom. The third-order valence-corrected chi connectivity index (χ3v) is 2.71. The molecule has 0 unspecified atom stereocenters. The van der Waals surface area contributed by atoms with Crippen molar-refractivity contribution in [3.05, 3.63) is 29.8 Å². The molecule has 94 valence electrons. The van der Waals surface area contributed by atoms with Crippen LogP contribution in [-0.4, -0.2) is 17.2 Å². The third-order valence-electron chi connectivity index (χ3n) is 2.71. The van der Waals surface area contributed by atoms with Crippen LogP contribution in [0.4, 0.5) is 10.5 Å². The Bertz CT molecular complexity index is 405. The molecule has 3 heteroatoms. The minimum atomic E-state index is -0.911. The van der Waals surface area contributed by atoms with Gasteiger partial charge >= 0.3 is 6.09 Å². The number of amides is 1. The van der Waals surface area contributed by atoms with Gasteiger partial charge in [-0.2, -0.15) is 0 Å². The molecule has 1 rings (SSSR count). The van der Waals surface area contributed by atoms with Crippen molar-refractivity contribution < 1.29 is 9.90 Å². The van der Waals surface area contributed by atoms with E-state index in [1.54, 1.807) is 0 Å². The first-order valence-corrected chi connectivity index (χ1v) is 5.86. The predicted octanol–water partition coefficient (Wildman–Crippen LogP) is 3.88. The lowest BCUT2D eigenvalue weighted by molar-refractivity contribution is 0.200. The van der Waals surface area contributed by atoms with E-state index in [4.69, 9.17) is 0 Å². The number of benzene rings is 1. The van der Waals surface area contributed by atoms with Crippen molar-refractivity contribution in [3.8, 4) is 0 Å². The number of hydrogen-bond donors (Lipinski definition) is 1. The molecule has 0 bridgehead atoms. The van der Waals surface area contributed by atoms with Gasteiger partial charge in [0.1, 0.15) is 0 Å². The molecule has 0 saturated heterocycles. The zero-order valence-electron chi connectivity index (χ0n) is 11.2. The molecule has 3 nitrogen and oxygen atoms in total. The Morgan fingerprint density at radius 1 is 1.29 bits per heavy atom. The summed E-state index contributed by atoms with van der Waals surface area (Å²) in [4.78, 5) is 12.6. The van der Waals surface area contributed by atoms with Crippen LogP contribution in [0, 0.1) is 0 Å². The van der Waals surface area contributed by atoms with E-state index in [0.29, 0.717) is 0 Å². The Labute approximate surface area is 103 Å². The lowest BCUT2D eigenvalue weighted by atomic mass is 9.87. The summed E-state index contributed by atoms with van der Waals surface area (Å²) in [6.07, 6.45) is -0.911. The molecule has 0 atom stereocenters. The molecule has 0 aromatic heterocycles. The number of hydrogen-bond acceptors (Lipinski definition) is 1.